The number of alkyl halides is 3. The highest BCUT2D eigenvalue weighted by Crippen LogP contribution is 2.29. The molecule has 2 N–H and O–H groups in total. The average molecular weight is 513 g/mol. The van der Waals surface area contributed by atoms with E-state index >= 15 is 0 Å². The van der Waals surface area contributed by atoms with Crippen LogP contribution in [0.25, 0.3) is 11.4 Å². The SMILES string of the molecule is CC(=O)NCCNc1cc(N2CCN(C(=O)c3ccc(C(F)(F)F)cc3)CC2)nc(-c2ccccc2)n1. The monoisotopic (exact) mass is 512 g/mol. The summed E-state index contributed by atoms with van der Waals surface area (Å²) in [6.07, 6.45) is -4.44. The van der Waals surface area contributed by atoms with Crippen LogP contribution in [-0.4, -0.2) is 66.0 Å². The minimum absolute atomic E-state index is 0.112. The van der Waals surface area contributed by atoms with Crippen LogP contribution in [0.1, 0.15) is 22.8 Å². The van der Waals surface area contributed by atoms with Crippen LogP contribution in [0.2, 0.25) is 0 Å². The third-order valence-corrected chi connectivity index (χ3v) is 5.90. The van der Waals surface area contributed by atoms with Gasteiger partial charge in [-0.2, -0.15) is 13.2 Å². The fraction of sp³-hybridized carbons (Fsp3) is 0.308. The normalized spacial score (nSPS) is 13.8. The molecular weight excluding hydrogens is 485 g/mol. The van der Waals surface area contributed by atoms with Gasteiger partial charge in [0.25, 0.3) is 5.91 Å². The first-order valence-corrected chi connectivity index (χ1v) is 11.8. The Morgan fingerprint density at radius 2 is 1.59 bits per heavy atom. The number of hydrogen-bond donors (Lipinski definition) is 2. The zero-order chi connectivity index (χ0) is 26.4. The van der Waals surface area contributed by atoms with Gasteiger partial charge in [-0.3, -0.25) is 9.59 Å². The van der Waals surface area contributed by atoms with Gasteiger partial charge in [-0.25, -0.2) is 9.97 Å². The number of anilines is 2. The molecule has 0 aliphatic carbocycles. The molecule has 1 saturated heterocycles. The summed E-state index contributed by atoms with van der Waals surface area (Å²) >= 11 is 0. The van der Waals surface area contributed by atoms with E-state index in [1.54, 1.807) is 4.90 Å². The second-order valence-electron chi connectivity index (χ2n) is 8.57. The van der Waals surface area contributed by atoms with Gasteiger partial charge in [0.05, 0.1) is 5.56 Å². The van der Waals surface area contributed by atoms with Crippen molar-refractivity contribution < 1.29 is 22.8 Å². The number of piperazine rings is 1. The Hall–Kier alpha value is -4.15. The molecule has 0 spiro atoms. The highest BCUT2D eigenvalue weighted by Gasteiger charge is 2.31. The van der Waals surface area contributed by atoms with E-state index in [2.05, 4.69) is 15.6 Å². The summed E-state index contributed by atoms with van der Waals surface area (Å²) in [5, 5.41) is 5.95. The second-order valence-corrected chi connectivity index (χ2v) is 8.57. The first kappa shape index (κ1) is 25.9. The largest absolute Gasteiger partial charge is 0.416 e. The number of hydrogen-bond acceptors (Lipinski definition) is 6. The zero-order valence-corrected chi connectivity index (χ0v) is 20.3. The topological polar surface area (TPSA) is 90.5 Å². The molecule has 2 aromatic carbocycles. The quantitative estimate of drug-likeness (QED) is 0.470. The molecule has 4 rings (SSSR count). The van der Waals surface area contributed by atoms with E-state index in [0.717, 1.165) is 17.7 Å². The zero-order valence-electron chi connectivity index (χ0n) is 20.3. The third-order valence-electron chi connectivity index (χ3n) is 5.90. The molecule has 194 valence electrons. The Balaban J connectivity index is 1.45. The van der Waals surface area contributed by atoms with Crippen LogP contribution in [0, 0.1) is 0 Å². The van der Waals surface area contributed by atoms with Gasteiger partial charge in [0.2, 0.25) is 5.91 Å². The van der Waals surface area contributed by atoms with E-state index in [-0.39, 0.29) is 17.4 Å². The Labute approximate surface area is 212 Å². The number of nitrogens with zero attached hydrogens (tertiary/aromatic N) is 4. The molecule has 1 aromatic heterocycles. The van der Waals surface area contributed by atoms with Gasteiger partial charge in [0.15, 0.2) is 5.82 Å². The number of aromatic nitrogens is 2. The lowest BCUT2D eigenvalue weighted by Crippen LogP contribution is -2.49. The number of benzene rings is 2. The Kier molecular flexibility index (Phi) is 7.90. The summed E-state index contributed by atoms with van der Waals surface area (Å²) in [5.74, 6) is 1.43. The number of rotatable bonds is 7. The number of carbonyl (C=O) groups excluding carboxylic acids is 2. The summed E-state index contributed by atoms with van der Waals surface area (Å²) < 4.78 is 38.5. The molecule has 8 nitrogen and oxygen atoms in total. The van der Waals surface area contributed by atoms with E-state index in [4.69, 9.17) is 4.98 Å². The predicted octanol–water partition coefficient (Wildman–Crippen LogP) is 3.67. The lowest BCUT2D eigenvalue weighted by atomic mass is 10.1. The second kappa shape index (κ2) is 11.3. The van der Waals surface area contributed by atoms with E-state index in [9.17, 15) is 22.8 Å². The lowest BCUT2D eigenvalue weighted by molar-refractivity contribution is -0.137. The van der Waals surface area contributed by atoms with E-state index in [1.807, 2.05) is 41.3 Å². The van der Waals surface area contributed by atoms with E-state index in [0.29, 0.717) is 56.7 Å². The molecule has 0 radical (unpaired) electrons. The molecule has 2 amide bonds. The standard InChI is InChI=1S/C26H27F3N6O2/c1-18(36)30-11-12-31-22-17-23(33-24(32-22)19-5-3-2-4-6-19)34-13-15-35(16-14-34)25(37)20-7-9-21(10-8-20)26(27,28)29/h2-10,17H,11-16H2,1H3,(H,30,36)(H,31,32,33). The van der Waals surface area contributed by atoms with Crippen molar-refractivity contribution in [1.82, 2.24) is 20.2 Å². The minimum atomic E-state index is -4.44. The molecule has 1 fully saturated rings. The van der Waals surface area contributed by atoms with Crippen molar-refractivity contribution in [1.29, 1.82) is 0 Å². The molecular formula is C26H27F3N6O2. The first-order valence-electron chi connectivity index (χ1n) is 11.8. The maximum atomic E-state index is 12.9. The molecule has 0 saturated carbocycles. The van der Waals surface area contributed by atoms with Gasteiger partial charge in [-0.1, -0.05) is 30.3 Å². The van der Waals surface area contributed by atoms with Crippen LogP contribution >= 0.6 is 0 Å². The van der Waals surface area contributed by atoms with Gasteiger partial charge >= 0.3 is 6.18 Å². The lowest BCUT2D eigenvalue weighted by Gasteiger charge is -2.35. The Morgan fingerprint density at radius 1 is 0.919 bits per heavy atom. The fourth-order valence-electron chi connectivity index (χ4n) is 3.96. The van der Waals surface area contributed by atoms with Gasteiger partial charge in [-0.05, 0) is 24.3 Å². The number of carbonyl (C=O) groups is 2. The van der Waals surface area contributed by atoms with Crippen LogP contribution < -0.4 is 15.5 Å². The van der Waals surface area contributed by atoms with Crippen molar-refractivity contribution in [3.8, 4) is 11.4 Å². The highest BCUT2D eigenvalue weighted by atomic mass is 19.4. The van der Waals surface area contributed by atoms with Crippen molar-refractivity contribution in [3.05, 3.63) is 71.8 Å². The van der Waals surface area contributed by atoms with Gasteiger partial charge in [-0.15, -0.1) is 0 Å². The molecule has 3 aromatic rings. The maximum Gasteiger partial charge on any atom is 0.416 e. The molecule has 0 atom stereocenters. The molecule has 11 heteroatoms. The summed E-state index contributed by atoms with van der Waals surface area (Å²) in [6, 6.07) is 15.7. The first-order chi connectivity index (χ1) is 17.7. The van der Waals surface area contributed by atoms with Crippen LogP contribution in [0.3, 0.4) is 0 Å². The smallest absolute Gasteiger partial charge is 0.368 e. The highest BCUT2D eigenvalue weighted by molar-refractivity contribution is 5.94. The predicted molar refractivity (Wildman–Crippen MR) is 134 cm³/mol. The van der Waals surface area contributed by atoms with Crippen molar-refractivity contribution in [2.45, 2.75) is 13.1 Å². The van der Waals surface area contributed by atoms with Crippen molar-refractivity contribution in [2.75, 3.05) is 49.5 Å². The average Bonchev–Trinajstić information content (AvgIpc) is 2.90. The van der Waals surface area contributed by atoms with Gasteiger partial charge in [0, 0.05) is 63.4 Å². The summed E-state index contributed by atoms with van der Waals surface area (Å²) in [7, 11) is 0. The van der Waals surface area contributed by atoms with Crippen LogP contribution in [0.4, 0.5) is 24.8 Å². The van der Waals surface area contributed by atoms with Crippen LogP contribution in [0.5, 0.6) is 0 Å². The molecule has 0 unspecified atom stereocenters. The molecule has 37 heavy (non-hydrogen) atoms. The third kappa shape index (κ3) is 6.75. The molecule has 0 bridgehead atoms. The number of halogens is 3. The summed E-state index contributed by atoms with van der Waals surface area (Å²) in [6.45, 7) is 4.19. The minimum Gasteiger partial charge on any atom is -0.368 e. The van der Waals surface area contributed by atoms with Gasteiger partial charge in [0.1, 0.15) is 11.6 Å². The summed E-state index contributed by atoms with van der Waals surface area (Å²) in [4.78, 5) is 37.0. The van der Waals surface area contributed by atoms with Crippen LogP contribution in [-0.2, 0) is 11.0 Å². The molecule has 1 aliphatic heterocycles. The number of amides is 2. The van der Waals surface area contributed by atoms with Crippen molar-refractivity contribution in [2.24, 2.45) is 0 Å². The number of nitrogens with one attached hydrogen (secondary N) is 2. The van der Waals surface area contributed by atoms with Crippen LogP contribution in [0.15, 0.2) is 60.7 Å². The maximum absolute atomic E-state index is 12.9. The Bertz CT molecular complexity index is 1230. The van der Waals surface area contributed by atoms with Gasteiger partial charge < -0.3 is 20.4 Å². The van der Waals surface area contributed by atoms with E-state index in [1.165, 1.54) is 19.1 Å². The summed E-state index contributed by atoms with van der Waals surface area (Å²) in [5.41, 5.74) is 0.291. The van der Waals surface area contributed by atoms with Crippen molar-refractivity contribution >= 4 is 23.5 Å². The fourth-order valence-corrected chi connectivity index (χ4v) is 3.96. The molecule has 1 aliphatic rings. The molecule has 2 heterocycles. The Morgan fingerprint density at radius 3 is 2.22 bits per heavy atom. The van der Waals surface area contributed by atoms with Crippen molar-refractivity contribution in [3.63, 3.8) is 0 Å². The van der Waals surface area contributed by atoms with E-state index < -0.39 is 11.7 Å².